The van der Waals surface area contributed by atoms with E-state index in [1.165, 1.54) is 0 Å². The van der Waals surface area contributed by atoms with Crippen LogP contribution in [0, 0.1) is 0 Å². The molecule has 0 aliphatic carbocycles. The lowest BCUT2D eigenvalue weighted by Crippen LogP contribution is -2.49. The summed E-state index contributed by atoms with van der Waals surface area (Å²) in [6.45, 7) is 5.90. The number of carbonyl (C=O) groups excluding carboxylic acids is 2. The predicted octanol–water partition coefficient (Wildman–Crippen LogP) is 3.20. The lowest BCUT2D eigenvalue weighted by atomic mass is 10.2. The van der Waals surface area contributed by atoms with E-state index in [4.69, 9.17) is 34.8 Å². The number of benzene rings is 2. The summed E-state index contributed by atoms with van der Waals surface area (Å²) in [5, 5.41) is 7.06. The fourth-order valence-corrected chi connectivity index (χ4v) is 3.79. The lowest BCUT2D eigenvalue weighted by Gasteiger charge is -2.34. The van der Waals surface area contributed by atoms with Crippen molar-refractivity contribution in [3.8, 4) is 0 Å². The van der Waals surface area contributed by atoms with E-state index in [1.54, 1.807) is 12.1 Å². The molecule has 0 spiro atoms. The molecule has 2 aromatic carbocycles. The second kappa shape index (κ2) is 11.7. The molecule has 0 saturated carbocycles. The smallest absolute Gasteiger partial charge is 0.309 e. The van der Waals surface area contributed by atoms with E-state index in [0.29, 0.717) is 28.2 Å². The molecule has 2 aromatic rings. The van der Waals surface area contributed by atoms with Crippen LogP contribution in [0.2, 0.25) is 15.1 Å². The average Bonchev–Trinajstić information content (AvgIpc) is 2.77. The van der Waals surface area contributed by atoms with E-state index in [-0.39, 0.29) is 6.54 Å². The van der Waals surface area contributed by atoms with Crippen LogP contribution in [0.5, 0.6) is 0 Å². The Hall–Kier alpha value is -1.83. The molecule has 0 aromatic heterocycles. The normalized spacial score (nSPS) is 14.9. The Bertz CT molecular complexity index is 900. The van der Waals surface area contributed by atoms with Crippen molar-refractivity contribution in [2.45, 2.75) is 13.1 Å². The highest BCUT2D eigenvalue weighted by Crippen LogP contribution is 2.23. The minimum absolute atomic E-state index is 0.282. The lowest BCUT2D eigenvalue weighted by molar-refractivity contribution is -0.139. The second-order valence-electron chi connectivity index (χ2n) is 7.43. The maximum atomic E-state index is 12.0. The minimum Gasteiger partial charge on any atom is -0.347 e. The third-order valence-corrected chi connectivity index (χ3v) is 6.13. The Labute approximate surface area is 197 Å². The Morgan fingerprint density at radius 3 is 2.06 bits per heavy atom. The zero-order valence-electron chi connectivity index (χ0n) is 17.0. The first-order valence-corrected chi connectivity index (χ1v) is 11.2. The number of hydrogen-bond donors (Lipinski definition) is 2. The predicted molar refractivity (Wildman–Crippen MR) is 124 cm³/mol. The quantitative estimate of drug-likeness (QED) is 0.594. The molecule has 31 heavy (non-hydrogen) atoms. The molecular formula is C22H25Cl3N4O2. The third-order valence-electron chi connectivity index (χ3n) is 5.14. The Morgan fingerprint density at radius 2 is 1.39 bits per heavy atom. The molecule has 2 amide bonds. The highest BCUT2D eigenvalue weighted by molar-refractivity contribution is 6.42. The van der Waals surface area contributed by atoms with E-state index >= 15 is 0 Å². The zero-order valence-corrected chi connectivity index (χ0v) is 19.3. The molecule has 6 nitrogen and oxygen atoms in total. The summed E-state index contributed by atoms with van der Waals surface area (Å²) in [4.78, 5) is 28.6. The van der Waals surface area contributed by atoms with Crippen LogP contribution in [0.15, 0.2) is 42.5 Å². The standard InChI is InChI=1S/C22H25Cl3N4O2/c23-18-4-1-16(2-5-18)14-27-22(31)21(30)26-7-8-28-9-11-29(12-10-28)15-17-3-6-19(24)20(25)13-17/h1-6,13H,7-12,14-15H2,(H,26,30)(H,27,31). The van der Waals surface area contributed by atoms with E-state index in [2.05, 4.69) is 20.4 Å². The molecule has 1 heterocycles. The largest absolute Gasteiger partial charge is 0.347 e. The maximum absolute atomic E-state index is 12.0. The van der Waals surface area contributed by atoms with Crippen LogP contribution >= 0.6 is 34.8 Å². The number of amides is 2. The van der Waals surface area contributed by atoms with Crippen molar-refractivity contribution in [1.82, 2.24) is 20.4 Å². The van der Waals surface area contributed by atoms with Gasteiger partial charge in [-0.3, -0.25) is 19.4 Å². The molecule has 0 radical (unpaired) electrons. The van der Waals surface area contributed by atoms with Crippen LogP contribution in [-0.2, 0) is 22.7 Å². The van der Waals surface area contributed by atoms with Gasteiger partial charge >= 0.3 is 11.8 Å². The Balaban J connectivity index is 1.31. The van der Waals surface area contributed by atoms with Gasteiger partial charge in [-0.1, -0.05) is 53.0 Å². The van der Waals surface area contributed by atoms with Gasteiger partial charge in [0.05, 0.1) is 10.0 Å². The second-order valence-corrected chi connectivity index (χ2v) is 8.68. The van der Waals surface area contributed by atoms with Gasteiger partial charge in [0, 0.05) is 57.4 Å². The van der Waals surface area contributed by atoms with Gasteiger partial charge < -0.3 is 10.6 Å². The van der Waals surface area contributed by atoms with Gasteiger partial charge in [0.1, 0.15) is 0 Å². The van der Waals surface area contributed by atoms with Crippen molar-refractivity contribution in [2.24, 2.45) is 0 Å². The molecular weight excluding hydrogens is 459 g/mol. The summed E-state index contributed by atoms with van der Waals surface area (Å²) in [7, 11) is 0. The highest BCUT2D eigenvalue weighted by atomic mass is 35.5. The fourth-order valence-electron chi connectivity index (χ4n) is 3.34. The van der Waals surface area contributed by atoms with Crippen LogP contribution < -0.4 is 10.6 Å². The van der Waals surface area contributed by atoms with Gasteiger partial charge in [-0.2, -0.15) is 0 Å². The molecule has 1 aliphatic heterocycles. The van der Waals surface area contributed by atoms with Crippen molar-refractivity contribution in [3.05, 3.63) is 68.7 Å². The van der Waals surface area contributed by atoms with E-state index in [0.717, 1.165) is 43.9 Å². The zero-order chi connectivity index (χ0) is 22.2. The molecule has 1 aliphatic rings. The van der Waals surface area contributed by atoms with Gasteiger partial charge in [0.15, 0.2) is 0 Å². The Morgan fingerprint density at radius 1 is 0.774 bits per heavy atom. The van der Waals surface area contributed by atoms with Crippen molar-refractivity contribution in [3.63, 3.8) is 0 Å². The van der Waals surface area contributed by atoms with Crippen LogP contribution in [0.1, 0.15) is 11.1 Å². The first kappa shape index (κ1) is 23.8. The summed E-state index contributed by atoms with van der Waals surface area (Å²) >= 11 is 17.9. The van der Waals surface area contributed by atoms with Gasteiger partial charge in [0.25, 0.3) is 0 Å². The number of halogens is 3. The number of carbonyl (C=O) groups is 2. The van der Waals surface area contributed by atoms with Crippen molar-refractivity contribution >= 4 is 46.6 Å². The van der Waals surface area contributed by atoms with Crippen LogP contribution in [-0.4, -0.2) is 60.9 Å². The number of piperazine rings is 1. The maximum Gasteiger partial charge on any atom is 0.309 e. The molecule has 1 saturated heterocycles. The molecule has 0 unspecified atom stereocenters. The van der Waals surface area contributed by atoms with Crippen molar-refractivity contribution in [1.29, 1.82) is 0 Å². The van der Waals surface area contributed by atoms with Gasteiger partial charge in [-0.25, -0.2) is 0 Å². The molecule has 1 fully saturated rings. The molecule has 3 rings (SSSR count). The average molecular weight is 484 g/mol. The van der Waals surface area contributed by atoms with Crippen LogP contribution in [0.25, 0.3) is 0 Å². The molecule has 9 heteroatoms. The summed E-state index contributed by atoms with van der Waals surface area (Å²) in [5.41, 5.74) is 2.02. The third kappa shape index (κ3) is 7.66. The number of hydrogen-bond acceptors (Lipinski definition) is 4. The Kier molecular flexibility index (Phi) is 8.99. The molecule has 166 valence electrons. The van der Waals surface area contributed by atoms with Gasteiger partial charge in [0.2, 0.25) is 0 Å². The number of nitrogens with one attached hydrogen (secondary N) is 2. The summed E-state index contributed by atoms with van der Waals surface area (Å²) in [5.74, 6) is -1.26. The van der Waals surface area contributed by atoms with E-state index < -0.39 is 11.8 Å². The first-order valence-electron chi connectivity index (χ1n) is 10.1. The van der Waals surface area contributed by atoms with Crippen LogP contribution in [0.4, 0.5) is 0 Å². The summed E-state index contributed by atoms with van der Waals surface area (Å²) < 4.78 is 0. The van der Waals surface area contributed by atoms with Crippen LogP contribution in [0.3, 0.4) is 0 Å². The monoisotopic (exact) mass is 482 g/mol. The topological polar surface area (TPSA) is 64.7 Å². The number of nitrogens with zero attached hydrogens (tertiary/aromatic N) is 2. The highest BCUT2D eigenvalue weighted by Gasteiger charge is 2.18. The molecule has 0 bridgehead atoms. The molecule has 2 N–H and O–H groups in total. The number of rotatable bonds is 7. The fraction of sp³-hybridized carbons (Fsp3) is 0.364. The summed E-state index contributed by atoms with van der Waals surface area (Å²) in [6, 6.07) is 12.8. The SMILES string of the molecule is O=C(NCCN1CCN(Cc2ccc(Cl)c(Cl)c2)CC1)C(=O)NCc1ccc(Cl)cc1. The molecule has 0 atom stereocenters. The van der Waals surface area contributed by atoms with Gasteiger partial charge in [-0.05, 0) is 35.4 Å². The van der Waals surface area contributed by atoms with Crippen molar-refractivity contribution in [2.75, 3.05) is 39.3 Å². The van der Waals surface area contributed by atoms with E-state index in [9.17, 15) is 9.59 Å². The van der Waals surface area contributed by atoms with E-state index in [1.807, 2.05) is 30.3 Å². The minimum atomic E-state index is -0.638. The first-order chi connectivity index (χ1) is 14.9. The summed E-state index contributed by atoms with van der Waals surface area (Å²) in [6.07, 6.45) is 0. The van der Waals surface area contributed by atoms with Crippen molar-refractivity contribution < 1.29 is 9.59 Å². The van der Waals surface area contributed by atoms with Gasteiger partial charge in [-0.15, -0.1) is 0 Å².